The minimum absolute atomic E-state index is 0.638. The fourth-order valence-corrected chi connectivity index (χ4v) is 2.03. The van der Waals surface area contributed by atoms with Crippen LogP contribution in [0.2, 0.25) is 0 Å². The molecule has 3 nitrogen and oxygen atoms in total. The summed E-state index contributed by atoms with van der Waals surface area (Å²) in [5.41, 5.74) is 0. The predicted octanol–water partition coefficient (Wildman–Crippen LogP) is 1.10. The summed E-state index contributed by atoms with van der Waals surface area (Å²) in [5.74, 6) is 0. The summed E-state index contributed by atoms with van der Waals surface area (Å²) in [4.78, 5) is 2.48. The third kappa shape index (κ3) is 3.23. The van der Waals surface area contributed by atoms with Crippen LogP contribution in [0.4, 0.5) is 0 Å². The molecule has 2 atom stereocenters. The molecule has 14 heavy (non-hydrogen) atoms. The summed E-state index contributed by atoms with van der Waals surface area (Å²) < 4.78 is 5.42. The van der Waals surface area contributed by atoms with E-state index in [9.17, 15) is 0 Å². The first-order valence-electron chi connectivity index (χ1n) is 5.80. The Bertz CT molecular complexity index is 146. The lowest BCUT2D eigenvalue weighted by molar-refractivity contribution is 0.129. The van der Waals surface area contributed by atoms with Crippen LogP contribution in [0.5, 0.6) is 0 Å². The van der Waals surface area contributed by atoms with Gasteiger partial charge in [-0.3, -0.25) is 4.90 Å². The molecule has 0 spiro atoms. The van der Waals surface area contributed by atoms with Crippen LogP contribution in [-0.4, -0.2) is 50.3 Å². The van der Waals surface area contributed by atoms with Gasteiger partial charge in [0, 0.05) is 25.2 Å². The van der Waals surface area contributed by atoms with Crippen molar-refractivity contribution < 1.29 is 4.74 Å². The molecule has 1 heterocycles. The van der Waals surface area contributed by atoms with Gasteiger partial charge in [0.05, 0.1) is 6.61 Å². The minimum atomic E-state index is 0.638. The second kappa shape index (κ2) is 6.38. The zero-order chi connectivity index (χ0) is 10.4. The van der Waals surface area contributed by atoms with Crippen molar-refractivity contribution in [1.29, 1.82) is 0 Å². The van der Waals surface area contributed by atoms with Crippen LogP contribution in [0.1, 0.15) is 26.7 Å². The van der Waals surface area contributed by atoms with Crippen LogP contribution >= 0.6 is 0 Å². The zero-order valence-electron chi connectivity index (χ0n) is 9.75. The molecule has 1 fully saturated rings. The van der Waals surface area contributed by atoms with Gasteiger partial charge in [-0.2, -0.15) is 0 Å². The maximum atomic E-state index is 5.42. The summed E-state index contributed by atoms with van der Waals surface area (Å²) >= 11 is 0. The van der Waals surface area contributed by atoms with Crippen molar-refractivity contribution >= 4 is 0 Å². The fraction of sp³-hybridized carbons (Fsp3) is 1.00. The maximum absolute atomic E-state index is 5.42. The molecular formula is C11H24N2O. The van der Waals surface area contributed by atoms with E-state index >= 15 is 0 Å². The number of ether oxygens (including phenoxy) is 1. The lowest BCUT2D eigenvalue weighted by Gasteiger charge is -2.31. The number of nitrogens with zero attached hydrogens (tertiary/aromatic N) is 1. The second-order valence-corrected chi connectivity index (χ2v) is 4.05. The molecule has 3 heteroatoms. The number of hydrogen-bond donors (Lipinski definition) is 1. The molecule has 2 unspecified atom stereocenters. The van der Waals surface area contributed by atoms with Crippen LogP contribution in [0.3, 0.4) is 0 Å². The van der Waals surface area contributed by atoms with Crippen molar-refractivity contribution in [2.75, 3.05) is 33.4 Å². The number of likely N-dealkylation sites (N-methyl/N-ethyl adjacent to an activating group) is 2. The molecule has 1 aliphatic heterocycles. The van der Waals surface area contributed by atoms with Crippen LogP contribution in [0, 0.1) is 0 Å². The molecule has 1 rings (SSSR count). The van der Waals surface area contributed by atoms with Gasteiger partial charge >= 0.3 is 0 Å². The van der Waals surface area contributed by atoms with Gasteiger partial charge in [-0.05, 0) is 26.4 Å². The second-order valence-electron chi connectivity index (χ2n) is 4.05. The predicted molar refractivity (Wildman–Crippen MR) is 59.6 cm³/mol. The zero-order valence-corrected chi connectivity index (χ0v) is 9.75. The SMILES string of the molecule is CCNCC(CC)N(C)C1CCOC1. The number of hydrogen-bond acceptors (Lipinski definition) is 3. The van der Waals surface area contributed by atoms with Crippen molar-refractivity contribution in [3.8, 4) is 0 Å². The molecule has 0 amide bonds. The summed E-state index contributed by atoms with van der Waals surface area (Å²) in [6.45, 7) is 8.43. The van der Waals surface area contributed by atoms with Gasteiger partial charge in [-0.1, -0.05) is 13.8 Å². The van der Waals surface area contributed by atoms with Crippen LogP contribution in [0.25, 0.3) is 0 Å². The minimum Gasteiger partial charge on any atom is -0.380 e. The first-order valence-corrected chi connectivity index (χ1v) is 5.80. The monoisotopic (exact) mass is 200 g/mol. The van der Waals surface area contributed by atoms with E-state index in [-0.39, 0.29) is 0 Å². The largest absolute Gasteiger partial charge is 0.380 e. The van der Waals surface area contributed by atoms with Gasteiger partial charge in [0.1, 0.15) is 0 Å². The van der Waals surface area contributed by atoms with Gasteiger partial charge < -0.3 is 10.1 Å². The highest BCUT2D eigenvalue weighted by Crippen LogP contribution is 2.14. The third-order valence-electron chi connectivity index (χ3n) is 3.16. The first kappa shape index (κ1) is 12.0. The average molecular weight is 200 g/mol. The normalized spacial score (nSPS) is 24.4. The van der Waals surface area contributed by atoms with E-state index in [1.807, 2.05) is 0 Å². The maximum Gasteiger partial charge on any atom is 0.0622 e. The van der Waals surface area contributed by atoms with E-state index in [1.54, 1.807) is 0 Å². The first-order chi connectivity index (χ1) is 6.79. The summed E-state index contributed by atoms with van der Waals surface area (Å²) in [6, 6.07) is 1.29. The molecule has 0 aromatic carbocycles. The van der Waals surface area contributed by atoms with Crippen molar-refractivity contribution in [2.45, 2.75) is 38.8 Å². The molecule has 0 saturated carbocycles. The summed E-state index contributed by atoms with van der Waals surface area (Å²) in [7, 11) is 2.23. The van der Waals surface area contributed by atoms with Crippen molar-refractivity contribution in [2.24, 2.45) is 0 Å². The van der Waals surface area contributed by atoms with E-state index in [4.69, 9.17) is 4.74 Å². The lowest BCUT2D eigenvalue weighted by atomic mass is 10.1. The average Bonchev–Trinajstić information content (AvgIpc) is 2.71. The Morgan fingerprint density at radius 2 is 2.29 bits per heavy atom. The van der Waals surface area contributed by atoms with Crippen LogP contribution in [0.15, 0.2) is 0 Å². The molecule has 0 radical (unpaired) electrons. The standard InChI is InChI=1S/C11H24N2O/c1-4-10(8-12-5-2)13(3)11-6-7-14-9-11/h10-12H,4-9H2,1-3H3. The Labute approximate surface area is 87.8 Å². The quantitative estimate of drug-likeness (QED) is 0.695. The van der Waals surface area contributed by atoms with Gasteiger partial charge in [0.25, 0.3) is 0 Å². The van der Waals surface area contributed by atoms with Crippen LogP contribution in [-0.2, 0) is 4.74 Å². The van der Waals surface area contributed by atoms with Crippen molar-refractivity contribution in [3.63, 3.8) is 0 Å². The Hall–Kier alpha value is -0.120. The molecule has 0 aromatic heterocycles. The highest BCUT2D eigenvalue weighted by Gasteiger charge is 2.24. The Balaban J connectivity index is 2.33. The topological polar surface area (TPSA) is 24.5 Å². The Kier molecular flexibility index (Phi) is 5.45. The van der Waals surface area contributed by atoms with Gasteiger partial charge in [-0.15, -0.1) is 0 Å². The smallest absolute Gasteiger partial charge is 0.0622 e. The van der Waals surface area contributed by atoms with Crippen molar-refractivity contribution in [3.05, 3.63) is 0 Å². The van der Waals surface area contributed by atoms with Crippen LogP contribution < -0.4 is 5.32 Å². The highest BCUT2D eigenvalue weighted by molar-refractivity contribution is 4.79. The molecule has 1 N–H and O–H groups in total. The summed E-state index contributed by atoms with van der Waals surface area (Å²) in [6.07, 6.45) is 2.40. The molecule has 1 saturated heterocycles. The number of nitrogens with one attached hydrogen (secondary N) is 1. The van der Waals surface area contributed by atoms with Gasteiger partial charge in [0.15, 0.2) is 0 Å². The molecule has 0 bridgehead atoms. The van der Waals surface area contributed by atoms with E-state index < -0.39 is 0 Å². The molecule has 1 aliphatic rings. The number of rotatable bonds is 6. The molecule has 0 aromatic rings. The van der Waals surface area contributed by atoms with Gasteiger partial charge in [0.2, 0.25) is 0 Å². The van der Waals surface area contributed by atoms with E-state index in [1.165, 1.54) is 12.8 Å². The summed E-state index contributed by atoms with van der Waals surface area (Å²) in [5, 5.41) is 3.42. The van der Waals surface area contributed by atoms with E-state index in [2.05, 4.69) is 31.1 Å². The highest BCUT2D eigenvalue weighted by atomic mass is 16.5. The van der Waals surface area contributed by atoms with Gasteiger partial charge in [-0.25, -0.2) is 0 Å². The molecule has 84 valence electrons. The Morgan fingerprint density at radius 1 is 1.50 bits per heavy atom. The molecular weight excluding hydrogens is 176 g/mol. The third-order valence-corrected chi connectivity index (χ3v) is 3.16. The molecule has 0 aliphatic carbocycles. The van der Waals surface area contributed by atoms with E-state index in [0.29, 0.717) is 12.1 Å². The van der Waals surface area contributed by atoms with E-state index in [0.717, 1.165) is 26.3 Å². The Morgan fingerprint density at radius 3 is 2.79 bits per heavy atom. The van der Waals surface area contributed by atoms with Crippen molar-refractivity contribution in [1.82, 2.24) is 10.2 Å². The fourth-order valence-electron chi connectivity index (χ4n) is 2.03. The lowest BCUT2D eigenvalue weighted by Crippen LogP contribution is -2.45.